The molecule has 1 saturated heterocycles. The number of nitrogens with two attached hydrogens (primary N) is 1. The third-order valence-electron chi connectivity index (χ3n) is 4.27. The van der Waals surface area contributed by atoms with Crippen LogP contribution in [0.4, 0.5) is 0 Å². The van der Waals surface area contributed by atoms with Gasteiger partial charge in [-0.3, -0.25) is 4.79 Å². The van der Waals surface area contributed by atoms with Crippen LogP contribution in [0.2, 0.25) is 0 Å². The van der Waals surface area contributed by atoms with E-state index in [1.807, 2.05) is 30.0 Å². The van der Waals surface area contributed by atoms with Crippen LogP contribution in [-0.4, -0.2) is 30.4 Å². The first-order valence-electron chi connectivity index (χ1n) is 7.75. The molecule has 2 N–H and O–H groups in total. The third-order valence-corrected chi connectivity index (χ3v) is 4.27. The average molecular weight is 284 g/mol. The van der Waals surface area contributed by atoms with E-state index in [1.165, 1.54) is 6.42 Å². The summed E-state index contributed by atoms with van der Waals surface area (Å²) >= 11 is 0. The molecule has 1 amide bonds. The van der Waals surface area contributed by atoms with Crippen molar-refractivity contribution in [3.8, 4) is 11.8 Å². The molecule has 0 bridgehead atoms. The maximum absolute atomic E-state index is 12.8. The molecule has 1 atom stereocenters. The Morgan fingerprint density at radius 2 is 2.29 bits per heavy atom. The highest BCUT2D eigenvalue weighted by molar-refractivity contribution is 5.96. The quantitative estimate of drug-likeness (QED) is 0.848. The monoisotopic (exact) mass is 284 g/mol. The average Bonchev–Trinajstić information content (AvgIpc) is 2.53. The van der Waals surface area contributed by atoms with Crippen molar-refractivity contribution in [2.75, 3.05) is 19.6 Å². The summed E-state index contributed by atoms with van der Waals surface area (Å²) in [4.78, 5) is 14.8. The Morgan fingerprint density at radius 3 is 3.00 bits per heavy atom. The molecule has 3 nitrogen and oxygen atoms in total. The van der Waals surface area contributed by atoms with Crippen LogP contribution in [-0.2, 0) is 0 Å². The van der Waals surface area contributed by atoms with Crippen molar-refractivity contribution in [1.82, 2.24) is 4.90 Å². The molecule has 0 saturated carbocycles. The SMILES string of the molecule is CCC1CCCN(C(=O)c2cccc(C#CCN)c2C)C1. The Bertz CT molecular complexity index is 568. The van der Waals surface area contributed by atoms with Crippen LogP contribution < -0.4 is 5.73 Å². The van der Waals surface area contributed by atoms with Gasteiger partial charge in [0.15, 0.2) is 0 Å². The third kappa shape index (κ3) is 3.65. The Kier molecular flexibility index (Phi) is 5.41. The molecule has 1 aliphatic rings. The molecule has 1 heterocycles. The van der Waals surface area contributed by atoms with Gasteiger partial charge in [0.2, 0.25) is 0 Å². The Morgan fingerprint density at radius 1 is 1.48 bits per heavy atom. The summed E-state index contributed by atoms with van der Waals surface area (Å²) in [5, 5.41) is 0. The van der Waals surface area contributed by atoms with Crippen molar-refractivity contribution in [1.29, 1.82) is 0 Å². The number of nitrogens with zero attached hydrogens (tertiary/aromatic N) is 1. The zero-order valence-electron chi connectivity index (χ0n) is 13.0. The van der Waals surface area contributed by atoms with E-state index in [4.69, 9.17) is 5.73 Å². The highest BCUT2D eigenvalue weighted by atomic mass is 16.2. The molecule has 1 aromatic rings. The van der Waals surface area contributed by atoms with Crippen molar-refractivity contribution in [3.63, 3.8) is 0 Å². The van der Waals surface area contributed by atoms with E-state index in [0.717, 1.165) is 42.6 Å². The van der Waals surface area contributed by atoms with Gasteiger partial charge in [0.1, 0.15) is 0 Å². The predicted molar refractivity (Wildman–Crippen MR) is 86.0 cm³/mol. The number of amides is 1. The minimum atomic E-state index is 0.141. The van der Waals surface area contributed by atoms with Gasteiger partial charge < -0.3 is 10.6 Å². The lowest BCUT2D eigenvalue weighted by atomic mass is 9.94. The van der Waals surface area contributed by atoms with Gasteiger partial charge in [-0.05, 0) is 43.4 Å². The van der Waals surface area contributed by atoms with E-state index in [2.05, 4.69) is 18.8 Å². The normalized spacial score (nSPS) is 18.0. The number of carbonyl (C=O) groups is 1. The number of piperidine rings is 1. The number of likely N-dealkylation sites (tertiary alicyclic amines) is 1. The second-order valence-corrected chi connectivity index (χ2v) is 5.65. The number of hydrogen-bond donors (Lipinski definition) is 1. The Hall–Kier alpha value is -1.79. The smallest absolute Gasteiger partial charge is 0.254 e. The van der Waals surface area contributed by atoms with Gasteiger partial charge in [-0.15, -0.1) is 0 Å². The number of carbonyl (C=O) groups excluding carboxylic acids is 1. The van der Waals surface area contributed by atoms with Crippen LogP contribution in [0.1, 0.15) is 47.7 Å². The molecule has 0 spiro atoms. The van der Waals surface area contributed by atoms with Crippen LogP contribution >= 0.6 is 0 Å². The van der Waals surface area contributed by atoms with Crippen LogP contribution in [0, 0.1) is 24.7 Å². The number of hydrogen-bond acceptors (Lipinski definition) is 2. The molecule has 1 unspecified atom stereocenters. The summed E-state index contributed by atoms with van der Waals surface area (Å²) in [6.07, 6.45) is 3.49. The molecule has 2 rings (SSSR count). The summed E-state index contributed by atoms with van der Waals surface area (Å²) in [6, 6.07) is 5.75. The van der Waals surface area contributed by atoms with Gasteiger partial charge in [0, 0.05) is 24.2 Å². The minimum absolute atomic E-state index is 0.141. The molecule has 0 radical (unpaired) electrons. The second-order valence-electron chi connectivity index (χ2n) is 5.65. The Balaban J connectivity index is 2.23. The Labute approximate surface area is 127 Å². The van der Waals surface area contributed by atoms with Gasteiger partial charge in [-0.25, -0.2) is 0 Å². The lowest BCUT2D eigenvalue weighted by Gasteiger charge is -2.32. The zero-order chi connectivity index (χ0) is 15.2. The summed E-state index contributed by atoms with van der Waals surface area (Å²) in [5.74, 6) is 6.69. The fourth-order valence-electron chi connectivity index (χ4n) is 2.90. The van der Waals surface area contributed by atoms with Crippen LogP contribution in [0.5, 0.6) is 0 Å². The van der Waals surface area contributed by atoms with Gasteiger partial charge in [0.25, 0.3) is 5.91 Å². The topological polar surface area (TPSA) is 46.3 Å². The van der Waals surface area contributed by atoms with E-state index in [9.17, 15) is 4.79 Å². The maximum atomic E-state index is 12.8. The van der Waals surface area contributed by atoms with Crippen LogP contribution in [0.15, 0.2) is 18.2 Å². The zero-order valence-corrected chi connectivity index (χ0v) is 13.0. The van der Waals surface area contributed by atoms with E-state index in [0.29, 0.717) is 12.5 Å². The second kappa shape index (κ2) is 7.28. The van der Waals surface area contributed by atoms with Gasteiger partial charge in [-0.2, -0.15) is 0 Å². The van der Waals surface area contributed by atoms with Crippen molar-refractivity contribution in [2.24, 2.45) is 11.7 Å². The van der Waals surface area contributed by atoms with Gasteiger partial charge in [0.05, 0.1) is 6.54 Å². The lowest BCUT2D eigenvalue weighted by molar-refractivity contribution is 0.0670. The maximum Gasteiger partial charge on any atom is 0.254 e. The number of rotatable bonds is 2. The first-order chi connectivity index (χ1) is 10.2. The summed E-state index contributed by atoms with van der Waals surface area (Å²) in [6.45, 7) is 6.25. The standard InChI is InChI=1S/C18H24N2O/c1-3-15-7-6-12-20(13-15)18(21)17-10-4-8-16(14(17)2)9-5-11-19/h4,8,10,15H,3,6-7,11-13,19H2,1-2H3. The molecule has 1 aliphatic heterocycles. The van der Waals surface area contributed by atoms with E-state index < -0.39 is 0 Å². The van der Waals surface area contributed by atoms with Crippen molar-refractivity contribution in [3.05, 3.63) is 34.9 Å². The molecule has 21 heavy (non-hydrogen) atoms. The van der Waals surface area contributed by atoms with Gasteiger partial charge >= 0.3 is 0 Å². The highest BCUT2D eigenvalue weighted by Crippen LogP contribution is 2.22. The molecular formula is C18H24N2O. The molecule has 112 valence electrons. The fraction of sp³-hybridized carbons (Fsp3) is 0.500. The van der Waals surface area contributed by atoms with Crippen molar-refractivity contribution >= 4 is 5.91 Å². The lowest BCUT2D eigenvalue weighted by Crippen LogP contribution is -2.40. The molecule has 1 fully saturated rings. The van der Waals surface area contributed by atoms with Crippen molar-refractivity contribution < 1.29 is 4.79 Å². The first-order valence-corrected chi connectivity index (χ1v) is 7.75. The fourth-order valence-corrected chi connectivity index (χ4v) is 2.90. The molecule has 0 aromatic heterocycles. The van der Waals surface area contributed by atoms with E-state index in [-0.39, 0.29) is 5.91 Å². The summed E-state index contributed by atoms with van der Waals surface area (Å²) in [5.41, 5.74) is 8.06. The molecular weight excluding hydrogens is 260 g/mol. The van der Waals surface area contributed by atoms with Crippen LogP contribution in [0.3, 0.4) is 0 Å². The highest BCUT2D eigenvalue weighted by Gasteiger charge is 2.24. The first kappa shape index (κ1) is 15.6. The molecule has 0 aliphatic carbocycles. The van der Waals surface area contributed by atoms with Gasteiger partial charge in [-0.1, -0.05) is 31.3 Å². The summed E-state index contributed by atoms with van der Waals surface area (Å²) in [7, 11) is 0. The van der Waals surface area contributed by atoms with E-state index >= 15 is 0 Å². The number of benzene rings is 1. The minimum Gasteiger partial charge on any atom is -0.338 e. The van der Waals surface area contributed by atoms with Crippen molar-refractivity contribution in [2.45, 2.75) is 33.1 Å². The largest absolute Gasteiger partial charge is 0.338 e. The summed E-state index contributed by atoms with van der Waals surface area (Å²) < 4.78 is 0. The van der Waals surface area contributed by atoms with E-state index in [1.54, 1.807) is 0 Å². The predicted octanol–water partition coefficient (Wildman–Crippen LogP) is 2.57. The molecule has 3 heteroatoms. The van der Waals surface area contributed by atoms with Crippen LogP contribution in [0.25, 0.3) is 0 Å². The molecule has 1 aromatic carbocycles.